The predicted octanol–water partition coefficient (Wildman–Crippen LogP) is 3.70. The van der Waals surface area contributed by atoms with Crippen molar-refractivity contribution in [2.75, 3.05) is 38.2 Å². The van der Waals surface area contributed by atoms with E-state index in [1.165, 1.54) is 16.8 Å². The Morgan fingerprint density at radius 3 is 2.28 bits per heavy atom. The highest BCUT2D eigenvalue weighted by molar-refractivity contribution is 5.77. The molecule has 1 fully saturated rings. The molecule has 3 rings (SSSR count). The number of methoxy groups -OCH3 is 1. The second-order valence-corrected chi connectivity index (χ2v) is 6.64. The maximum atomic E-state index is 10.9. The molecule has 1 aliphatic rings. The first-order chi connectivity index (χ1) is 12.1. The molecule has 0 radical (unpaired) electrons. The van der Waals surface area contributed by atoms with Crippen molar-refractivity contribution in [1.29, 1.82) is 0 Å². The number of benzene rings is 2. The monoisotopic (exact) mass is 338 g/mol. The Balaban J connectivity index is 1.63. The number of ether oxygens (including phenoxy) is 1. The molecule has 132 valence electrons. The number of anilines is 1. The van der Waals surface area contributed by atoms with E-state index in [-0.39, 0.29) is 0 Å². The maximum Gasteiger partial charge on any atom is 0.150 e. The molecule has 2 aromatic carbocycles. The Labute approximate surface area is 150 Å². The van der Waals surface area contributed by atoms with E-state index in [1.54, 1.807) is 7.11 Å². The van der Waals surface area contributed by atoms with Crippen LogP contribution in [0.4, 0.5) is 5.69 Å². The van der Waals surface area contributed by atoms with Gasteiger partial charge in [-0.05, 0) is 55.3 Å². The van der Waals surface area contributed by atoms with E-state index in [0.29, 0.717) is 6.04 Å². The number of hydrogen-bond acceptors (Lipinski definition) is 4. The molecule has 0 aliphatic carbocycles. The summed E-state index contributed by atoms with van der Waals surface area (Å²) in [6.45, 7) is 8.41. The van der Waals surface area contributed by atoms with E-state index in [9.17, 15) is 4.79 Å². The van der Waals surface area contributed by atoms with Gasteiger partial charge in [0, 0.05) is 43.5 Å². The third-order valence-electron chi connectivity index (χ3n) is 5.16. The first kappa shape index (κ1) is 17.5. The van der Waals surface area contributed by atoms with E-state index in [4.69, 9.17) is 4.74 Å². The first-order valence-electron chi connectivity index (χ1n) is 8.81. The average Bonchev–Trinajstić information content (AvgIpc) is 2.67. The van der Waals surface area contributed by atoms with Crippen molar-refractivity contribution in [3.8, 4) is 5.75 Å². The van der Waals surface area contributed by atoms with E-state index in [1.807, 2.05) is 24.3 Å². The molecule has 1 heterocycles. The molecule has 0 spiro atoms. The maximum absolute atomic E-state index is 10.9. The number of aryl methyl sites for hydroxylation is 1. The molecule has 1 saturated heterocycles. The zero-order valence-electron chi connectivity index (χ0n) is 15.2. The SMILES string of the molecule is COc1ccc([C@H](C)N2CCN(c3ccc(C=O)cc3C)CC2)cc1. The second kappa shape index (κ2) is 7.70. The molecule has 0 saturated carbocycles. The van der Waals surface area contributed by atoms with Gasteiger partial charge in [-0.2, -0.15) is 0 Å². The second-order valence-electron chi connectivity index (χ2n) is 6.64. The van der Waals surface area contributed by atoms with Crippen LogP contribution >= 0.6 is 0 Å². The number of hydrogen-bond donors (Lipinski definition) is 0. The highest BCUT2D eigenvalue weighted by atomic mass is 16.5. The Morgan fingerprint density at radius 2 is 1.72 bits per heavy atom. The Bertz CT molecular complexity index is 719. The normalized spacial score (nSPS) is 16.5. The van der Waals surface area contributed by atoms with Crippen LogP contribution in [0.2, 0.25) is 0 Å². The zero-order valence-corrected chi connectivity index (χ0v) is 15.2. The summed E-state index contributed by atoms with van der Waals surface area (Å²) in [6.07, 6.45) is 0.908. The number of rotatable bonds is 5. The van der Waals surface area contributed by atoms with Crippen molar-refractivity contribution in [2.45, 2.75) is 19.9 Å². The van der Waals surface area contributed by atoms with Crippen LogP contribution in [-0.4, -0.2) is 44.5 Å². The first-order valence-corrected chi connectivity index (χ1v) is 8.81. The van der Waals surface area contributed by atoms with E-state index >= 15 is 0 Å². The fraction of sp³-hybridized carbons (Fsp3) is 0.381. The molecule has 1 aliphatic heterocycles. The topological polar surface area (TPSA) is 32.8 Å². The van der Waals surface area contributed by atoms with Gasteiger partial charge >= 0.3 is 0 Å². The molecule has 0 amide bonds. The lowest BCUT2D eigenvalue weighted by atomic mass is 10.0. The number of nitrogens with zero attached hydrogens (tertiary/aromatic N) is 2. The minimum atomic E-state index is 0.395. The van der Waals surface area contributed by atoms with E-state index < -0.39 is 0 Å². The largest absolute Gasteiger partial charge is 0.497 e. The standard InChI is InChI=1S/C21H26N2O2/c1-16-14-18(15-24)4-9-21(16)23-12-10-22(11-13-23)17(2)19-5-7-20(25-3)8-6-19/h4-9,14-15,17H,10-13H2,1-3H3/t17-/m0/s1. The molecule has 1 atom stereocenters. The minimum absolute atomic E-state index is 0.395. The van der Waals surface area contributed by atoms with Gasteiger partial charge in [-0.15, -0.1) is 0 Å². The molecule has 2 aromatic rings. The van der Waals surface area contributed by atoms with Gasteiger partial charge in [0.2, 0.25) is 0 Å². The Morgan fingerprint density at radius 1 is 1.04 bits per heavy atom. The third-order valence-corrected chi connectivity index (χ3v) is 5.16. The summed E-state index contributed by atoms with van der Waals surface area (Å²) in [6, 6.07) is 14.7. The third kappa shape index (κ3) is 3.85. The highest BCUT2D eigenvalue weighted by Gasteiger charge is 2.23. The smallest absolute Gasteiger partial charge is 0.150 e. The molecule has 4 heteroatoms. The molecular weight excluding hydrogens is 312 g/mol. The van der Waals surface area contributed by atoms with E-state index in [2.05, 4.69) is 41.8 Å². The Hall–Kier alpha value is -2.33. The molecule has 0 N–H and O–H groups in total. The van der Waals surface area contributed by atoms with Crippen LogP contribution in [-0.2, 0) is 0 Å². The van der Waals surface area contributed by atoms with Crippen LogP contribution in [0, 0.1) is 6.92 Å². The van der Waals surface area contributed by atoms with Gasteiger partial charge in [0.25, 0.3) is 0 Å². The lowest BCUT2D eigenvalue weighted by Crippen LogP contribution is -2.47. The van der Waals surface area contributed by atoms with Crippen LogP contribution in [0.3, 0.4) is 0 Å². The summed E-state index contributed by atoms with van der Waals surface area (Å²) in [5.74, 6) is 0.898. The van der Waals surface area contributed by atoms with Gasteiger partial charge in [0.15, 0.2) is 0 Å². The van der Waals surface area contributed by atoms with Crippen LogP contribution < -0.4 is 9.64 Å². The average molecular weight is 338 g/mol. The van der Waals surface area contributed by atoms with Crippen molar-refractivity contribution in [3.63, 3.8) is 0 Å². The number of piperazine rings is 1. The predicted molar refractivity (Wildman–Crippen MR) is 102 cm³/mol. The van der Waals surface area contributed by atoms with Gasteiger partial charge in [-0.3, -0.25) is 9.69 Å². The van der Waals surface area contributed by atoms with Gasteiger partial charge in [-0.25, -0.2) is 0 Å². The molecule has 0 aromatic heterocycles. The molecule has 0 bridgehead atoms. The van der Waals surface area contributed by atoms with E-state index in [0.717, 1.165) is 43.8 Å². The number of carbonyl (C=O) groups excluding carboxylic acids is 1. The minimum Gasteiger partial charge on any atom is -0.497 e. The summed E-state index contributed by atoms with van der Waals surface area (Å²) in [5, 5.41) is 0. The summed E-state index contributed by atoms with van der Waals surface area (Å²) < 4.78 is 5.24. The fourth-order valence-electron chi connectivity index (χ4n) is 3.55. The fourth-order valence-corrected chi connectivity index (χ4v) is 3.55. The lowest BCUT2D eigenvalue weighted by molar-refractivity contribution is 0.112. The van der Waals surface area contributed by atoms with Crippen molar-refractivity contribution >= 4 is 12.0 Å². The van der Waals surface area contributed by atoms with Crippen LogP contribution in [0.15, 0.2) is 42.5 Å². The van der Waals surface area contributed by atoms with Crippen molar-refractivity contribution in [3.05, 3.63) is 59.2 Å². The lowest BCUT2D eigenvalue weighted by Gasteiger charge is -2.39. The number of aldehydes is 1. The summed E-state index contributed by atoms with van der Waals surface area (Å²) >= 11 is 0. The zero-order chi connectivity index (χ0) is 17.8. The van der Waals surface area contributed by atoms with Crippen LogP contribution in [0.5, 0.6) is 5.75 Å². The molecule has 25 heavy (non-hydrogen) atoms. The van der Waals surface area contributed by atoms with Crippen LogP contribution in [0.25, 0.3) is 0 Å². The molecular formula is C21H26N2O2. The van der Waals surface area contributed by atoms with Gasteiger partial charge in [0.1, 0.15) is 12.0 Å². The molecule has 0 unspecified atom stereocenters. The Kier molecular flexibility index (Phi) is 5.39. The number of carbonyl (C=O) groups is 1. The van der Waals surface area contributed by atoms with Crippen molar-refractivity contribution < 1.29 is 9.53 Å². The summed E-state index contributed by atoms with van der Waals surface area (Å²) in [4.78, 5) is 15.9. The quantitative estimate of drug-likeness (QED) is 0.778. The summed E-state index contributed by atoms with van der Waals surface area (Å²) in [5.41, 5.74) is 4.47. The van der Waals surface area contributed by atoms with Gasteiger partial charge in [-0.1, -0.05) is 12.1 Å². The van der Waals surface area contributed by atoms with Crippen molar-refractivity contribution in [2.24, 2.45) is 0 Å². The van der Waals surface area contributed by atoms with Gasteiger partial charge < -0.3 is 9.64 Å². The summed E-state index contributed by atoms with van der Waals surface area (Å²) in [7, 11) is 1.70. The van der Waals surface area contributed by atoms with Crippen LogP contribution in [0.1, 0.15) is 34.5 Å². The van der Waals surface area contributed by atoms with Crippen molar-refractivity contribution in [1.82, 2.24) is 4.90 Å². The highest BCUT2D eigenvalue weighted by Crippen LogP contribution is 2.27. The molecule has 4 nitrogen and oxygen atoms in total. The van der Waals surface area contributed by atoms with Gasteiger partial charge in [0.05, 0.1) is 7.11 Å².